The minimum atomic E-state index is -1.13. The van der Waals surface area contributed by atoms with Crippen molar-refractivity contribution < 1.29 is 14.8 Å². The third-order valence-electron chi connectivity index (χ3n) is 1.81. The van der Waals surface area contributed by atoms with Crippen molar-refractivity contribution in [2.75, 3.05) is 0 Å². The number of nitro groups is 1. The first-order valence-corrected chi connectivity index (χ1v) is 3.84. The summed E-state index contributed by atoms with van der Waals surface area (Å²) in [6.45, 7) is 1.36. The van der Waals surface area contributed by atoms with Gasteiger partial charge >= 0.3 is 11.7 Å². The standard InChI is InChI=1S/C7H9N3O4/c1-4(7(11)12)6-5(10(13)14)3-9(2)8-6/h3-4H,1-2H3,(H,11,12). The number of carbonyl (C=O) groups is 1. The normalized spacial score (nSPS) is 12.4. The molecule has 0 radical (unpaired) electrons. The molecule has 0 bridgehead atoms. The molecule has 76 valence electrons. The maximum absolute atomic E-state index is 10.6. The number of rotatable bonds is 3. The van der Waals surface area contributed by atoms with E-state index >= 15 is 0 Å². The van der Waals surface area contributed by atoms with Gasteiger partial charge in [-0.25, -0.2) is 0 Å². The number of aryl methyl sites for hydroxylation is 1. The first-order chi connectivity index (χ1) is 6.43. The molecule has 0 aliphatic heterocycles. The lowest BCUT2D eigenvalue weighted by atomic mass is 10.1. The molecule has 0 fully saturated rings. The maximum Gasteiger partial charge on any atom is 0.312 e. The average molecular weight is 199 g/mol. The topological polar surface area (TPSA) is 98.3 Å². The molecule has 7 heteroatoms. The van der Waals surface area contributed by atoms with E-state index in [2.05, 4.69) is 5.10 Å². The van der Waals surface area contributed by atoms with E-state index in [0.29, 0.717) is 0 Å². The van der Waals surface area contributed by atoms with Gasteiger partial charge in [0.25, 0.3) is 0 Å². The molecule has 0 aliphatic carbocycles. The van der Waals surface area contributed by atoms with Crippen molar-refractivity contribution >= 4 is 11.7 Å². The molecule has 0 aromatic carbocycles. The Morgan fingerprint density at radius 1 is 1.79 bits per heavy atom. The van der Waals surface area contributed by atoms with E-state index in [9.17, 15) is 14.9 Å². The summed E-state index contributed by atoms with van der Waals surface area (Å²) in [6, 6.07) is 0. The summed E-state index contributed by atoms with van der Waals surface area (Å²) in [5.41, 5.74) is -0.285. The van der Waals surface area contributed by atoms with Crippen molar-refractivity contribution in [1.82, 2.24) is 9.78 Å². The van der Waals surface area contributed by atoms with Gasteiger partial charge in [-0.15, -0.1) is 0 Å². The summed E-state index contributed by atoms with van der Waals surface area (Å²) in [5, 5.41) is 22.9. The number of nitrogens with zero attached hydrogens (tertiary/aromatic N) is 3. The predicted molar refractivity (Wildman–Crippen MR) is 45.9 cm³/mol. The van der Waals surface area contributed by atoms with Crippen LogP contribution in [-0.4, -0.2) is 25.8 Å². The van der Waals surface area contributed by atoms with Crippen molar-refractivity contribution in [3.05, 3.63) is 22.0 Å². The average Bonchev–Trinajstić information content (AvgIpc) is 2.45. The molecule has 1 atom stereocenters. The number of hydrogen-bond acceptors (Lipinski definition) is 4. The third-order valence-corrected chi connectivity index (χ3v) is 1.81. The van der Waals surface area contributed by atoms with Crippen LogP contribution >= 0.6 is 0 Å². The van der Waals surface area contributed by atoms with Crippen LogP contribution in [0.5, 0.6) is 0 Å². The van der Waals surface area contributed by atoms with Crippen LogP contribution in [0.1, 0.15) is 18.5 Å². The molecule has 1 unspecified atom stereocenters. The van der Waals surface area contributed by atoms with E-state index in [-0.39, 0.29) is 11.4 Å². The van der Waals surface area contributed by atoms with Crippen LogP contribution in [0, 0.1) is 10.1 Å². The molecular weight excluding hydrogens is 190 g/mol. The minimum absolute atomic E-state index is 0.0231. The van der Waals surface area contributed by atoms with Crippen molar-refractivity contribution in [2.45, 2.75) is 12.8 Å². The van der Waals surface area contributed by atoms with Crippen LogP contribution in [0.4, 0.5) is 5.69 Å². The molecule has 0 aliphatic rings. The molecule has 0 spiro atoms. The van der Waals surface area contributed by atoms with E-state index < -0.39 is 16.8 Å². The van der Waals surface area contributed by atoms with Crippen LogP contribution in [0.15, 0.2) is 6.20 Å². The van der Waals surface area contributed by atoms with Crippen molar-refractivity contribution in [3.63, 3.8) is 0 Å². The lowest BCUT2D eigenvalue weighted by molar-refractivity contribution is -0.385. The highest BCUT2D eigenvalue weighted by Gasteiger charge is 2.27. The van der Waals surface area contributed by atoms with Crippen LogP contribution in [0.3, 0.4) is 0 Å². The number of hydrogen-bond donors (Lipinski definition) is 1. The molecule has 1 heterocycles. The summed E-state index contributed by atoms with van der Waals surface area (Å²) in [4.78, 5) is 20.5. The van der Waals surface area contributed by atoms with Gasteiger partial charge in [0.15, 0.2) is 5.69 Å². The number of carboxylic acid groups (broad SMARTS) is 1. The van der Waals surface area contributed by atoms with Crippen molar-refractivity contribution in [3.8, 4) is 0 Å². The quantitative estimate of drug-likeness (QED) is 0.565. The Balaban J connectivity index is 3.19. The third kappa shape index (κ3) is 1.70. The van der Waals surface area contributed by atoms with Gasteiger partial charge in [0, 0.05) is 7.05 Å². The first kappa shape index (κ1) is 10.2. The number of carboxylic acids is 1. The fourth-order valence-corrected chi connectivity index (χ4v) is 1.06. The lowest BCUT2D eigenvalue weighted by Gasteiger charge is -2.00. The Morgan fingerprint density at radius 3 is 2.79 bits per heavy atom. The maximum atomic E-state index is 10.6. The van der Waals surface area contributed by atoms with Crippen molar-refractivity contribution in [1.29, 1.82) is 0 Å². The monoisotopic (exact) mass is 199 g/mol. The van der Waals surface area contributed by atoms with Gasteiger partial charge in [-0.2, -0.15) is 5.10 Å². The number of aromatic nitrogens is 2. The van der Waals surface area contributed by atoms with Gasteiger partial charge in [0.2, 0.25) is 0 Å². The zero-order chi connectivity index (χ0) is 10.9. The first-order valence-electron chi connectivity index (χ1n) is 3.84. The number of aliphatic carboxylic acids is 1. The SMILES string of the molecule is CC(C(=O)O)c1nn(C)cc1[N+](=O)[O-]. The molecule has 1 aromatic rings. The van der Waals surface area contributed by atoms with Gasteiger partial charge < -0.3 is 5.11 Å². The van der Waals surface area contributed by atoms with Gasteiger partial charge in [0.05, 0.1) is 4.92 Å². The summed E-state index contributed by atoms with van der Waals surface area (Å²) in [5.74, 6) is -2.11. The smallest absolute Gasteiger partial charge is 0.312 e. The fourth-order valence-electron chi connectivity index (χ4n) is 1.06. The second kappa shape index (κ2) is 3.44. The van der Waals surface area contributed by atoms with Crippen LogP contribution in [-0.2, 0) is 11.8 Å². The Labute approximate surface area is 79.1 Å². The zero-order valence-corrected chi connectivity index (χ0v) is 7.67. The summed E-state index contributed by atoms with van der Waals surface area (Å²) in [6.07, 6.45) is 1.19. The molecule has 1 N–H and O–H groups in total. The van der Waals surface area contributed by atoms with E-state index in [1.165, 1.54) is 24.9 Å². The van der Waals surface area contributed by atoms with Gasteiger partial charge in [0.1, 0.15) is 12.1 Å². The molecule has 0 saturated heterocycles. The second-order valence-electron chi connectivity index (χ2n) is 2.89. The van der Waals surface area contributed by atoms with E-state index in [1.807, 2.05) is 0 Å². The molecule has 1 rings (SSSR count). The summed E-state index contributed by atoms with van der Waals surface area (Å²) >= 11 is 0. The van der Waals surface area contributed by atoms with Gasteiger partial charge in [-0.3, -0.25) is 19.6 Å². The van der Waals surface area contributed by atoms with Gasteiger partial charge in [-0.05, 0) is 6.92 Å². The predicted octanol–water partition coefficient (Wildman–Crippen LogP) is 0.516. The molecular formula is C7H9N3O4. The molecule has 0 saturated carbocycles. The Bertz CT molecular complexity index is 384. The second-order valence-corrected chi connectivity index (χ2v) is 2.89. The molecule has 1 aromatic heterocycles. The highest BCUT2D eigenvalue weighted by molar-refractivity contribution is 5.76. The molecule has 0 amide bonds. The minimum Gasteiger partial charge on any atom is -0.481 e. The van der Waals surface area contributed by atoms with Crippen LogP contribution in [0.2, 0.25) is 0 Å². The van der Waals surface area contributed by atoms with Crippen LogP contribution < -0.4 is 0 Å². The van der Waals surface area contributed by atoms with E-state index in [1.54, 1.807) is 0 Å². The molecule has 7 nitrogen and oxygen atoms in total. The van der Waals surface area contributed by atoms with Crippen LogP contribution in [0.25, 0.3) is 0 Å². The van der Waals surface area contributed by atoms with E-state index in [0.717, 1.165) is 0 Å². The van der Waals surface area contributed by atoms with Crippen molar-refractivity contribution in [2.24, 2.45) is 7.05 Å². The molecule has 14 heavy (non-hydrogen) atoms. The zero-order valence-electron chi connectivity index (χ0n) is 7.67. The summed E-state index contributed by atoms with van der Waals surface area (Å²) in [7, 11) is 1.51. The highest BCUT2D eigenvalue weighted by atomic mass is 16.6. The highest BCUT2D eigenvalue weighted by Crippen LogP contribution is 2.24. The largest absolute Gasteiger partial charge is 0.481 e. The fraction of sp³-hybridized carbons (Fsp3) is 0.429. The Kier molecular flexibility index (Phi) is 2.50. The lowest BCUT2D eigenvalue weighted by Crippen LogP contribution is -2.10. The Morgan fingerprint density at radius 2 is 2.36 bits per heavy atom. The van der Waals surface area contributed by atoms with E-state index in [4.69, 9.17) is 5.11 Å². The summed E-state index contributed by atoms with van der Waals surface area (Å²) < 4.78 is 1.23. The Hall–Kier alpha value is -1.92. The van der Waals surface area contributed by atoms with Gasteiger partial charge in [-0.1, -0.05) is 0 Å².